The van der Waals surface area contributed by atoms with Crippen molar-refractivity contribution in [3.8, 4) is 0 Å². The predicted molar refractivity (Wildman–Crippen MR) is 401 cm³/mol. The summed E-state index contributed by atoms with van der Waals surface area (Å²) in [4.78, 5) is 37.7. The highest BCUT2D eigenvalue weighted by Crippen LogP contribution is 2.19. The van der Waals surface area contributed by atoms with E-state index in [1.807, 2.05) is 21.1 Å². The van der Waals surface area contributed by atoms with Gasteiger partial charge in [0.2, 0.25) is 0 Å². The number of carbonyl (C=O) groups is 3. The van der Waals surface area contributed by atoms with Gasteiger partial charge in [0, 0.05) is 12.8 Å². The van der Waals surface area contributed by atoms with Crippen molar-refractivity contribution in [2.24, 2.45) is 0 Å². The highest BCUT2D eigenvalue weighted by Gasteiger charge is 2.25. The SMILES string of the molecule is CC/C=C\C/C=C\C/C=C\C/C=C\CCCCCCCCCCCCCCCCCCC(=O)OC(COC(=O)CCCCCCCCCCCCCCCCCCCCCCCCCC/C=C\C/C=C\C/C=C\CCCCCCC)COC(OCC[N+](C)(C)C)C(=O)O. The van der Waals surface area contributed by atoms with Crippen LogP contribution >= 0.6 is 0 Å². The first kappa shape index (κ1) is 89.5. The number of allylic oxidation sites excluding steroid dienone is 14. The molecule has 0 amide bonds. The van der Waals surface area contributed by atoms with Crippen LogP contribution in [0.15, 0.2) is 85.1 Å². The number of esters is 2. The Balaban J connectivity index is 3.97. The third kappa shape index (κ3) is 75.7. The Bertz CT molecular complexity index is 1810. The lowest BCUT2D eigenvalue weighted by Crippen LogP contribution is -2.40. The van der Waals surface area contributed by atoms with E-state index in [2.05, 4.69) is 98.9 Å². The second-order valence-electron chi connectivity index (χ2n) is 28.0. The number of aliphatic carboxylic acids is 1. The van der Waals surface area contributed by atoms with E-state index in [-0.39, 0.29) is 38.2 Å². The zero-order chi connectivity index (χ0) is 67.5. The van der Waals surface area contributed by atoms with Crippen LogP contribution in [0.1, 0.15) is 373 Å². The number of quaternary nitrogens is 1. The van der Waals surface area contributed by atoms with E-state index >= 15 is 0 Å². The van der Waals surface area contributed by atoms with Crippen molar-refractivity contribution >= 4 is 17.9 Å². The van der Waals surface area contributed by atoms with Crippen molar-refractivity contribution in [3.63, 3.8) is 0 Å². The molecule has 93 heavy (non-hydrogen) atoms. The average Bonchev–Trinajstić information content (AvgIpc) is 3.74. The summed E-state index contributed by atoms with van der Waals surface area (Å²) in [5.41, 5.74) is 0. The molecule has 0 aromatic heterocycles. The van der Waals surface area contributed by atoms with Crippen LogP contribution in [0.3, 0.4) is 0 Å². The van der Waals surface area contributed by atoms with Gasteiger partial charge in [-0.15, -0.1) is 0 Å². The minimum Gasteiger partial charge on any atom is -0.477 e. The maximum atomic E-state index is 13.0. The molecule has 0 rings (SSSR count). The molecule has 2 atom stereocenters. The first-order valence-corrected chi connectivity index (χ1v) is 39.8. The van der Waals surface area contributed by atoms with Gasteiger partial charge in [0.05, 0.1) is 34.4 Å². The molecule has 0 aromatic rings. The number of nitrogens with zero attached hydrogens (tertiary/aromatic N) is 1. The van der Waals surface area contributed by atoms with Crippen LogP contribution in [-0.4, -0.2) is 87.4 Å². The molecule has 0 aliphatic carbocycles. The molecule has 1 N–H and O–H groups in total. The third-order valence-electron chi connectivity index (χ3n) is 17.6. The highest BCUT2D eigenvalue weighted by molar-refractivity contribution is 5.71. The number of hydrogen-bond acceptors (Lipinski definition) is 7. The summed E-state index contributed by atoms with van der Waals surface area (Å²) < 4.78 is 23.1. The fourth-order valence-electron chi connectivity index (χ4n) is 11.6. The Morgan fingerprint density at radius 2 is 0.613 bits per heavy atom. The molecule has 0 fully saturated rings. The number of unbranched alkanes of at least 4 members (excludes halogenated alkanes) is 45. The van der Waals surface area contributed by atoms with Crippen molar-refractivity contribution in [1.82, 2.24) is 0 Å². The number of carboxylic acids is 1. The fourth-order valence-corrected chi connectivity index (χ4v) is 11.6. The number of carboxylic acid groups (broad SMARTS) is 1. The largest absolute Gasteiger partial charge is 0.477 e. The van der Waals surface area contributed by atoms with Gasteiger partial charge >= 0.3 is 17.9 Å². The zero-order valence-electron chi connectivity index (χ0n) is 61.9. The molecule has 0 spiro atoms. The predicted octanol–water partition coefficient (Wildman–Crippen LogP) is 25.4. The van der Waals surface area contributed by atoms with E-state index in [4.69, 9.17) is 18.9 Å². The van der Waals surface area contributed by atoms with E-state index in [0.29, 0.717) is 17.4 Å². The first-order chi connectivity index (χ1) is 45.6. The van der Waals surface area contributed by atoms with Crippen LogP contribution in [0.4, 0.5) is 0 Å². The smallest absolute Gasteiger partial charge is 0.361 e. The zero-order valence-corrected chi connectivity index (χ0v) is 61.9. The van der Waals surface area contributed by atoms with Crippen LogP contribution in [0.2, 0.25) is 0 Å². The Morgan fingerprint density at radius 3 is 0.914 bits per heavy atom. The highest BCUT2D eigenvalue weighted by atomic mass is 16.7. The monoisotopic (exact) mass is 1300 g/mol. The number of likely N-dealkylation sites (N-methyl/N-ethyl adjacent to an activating group) is 1. The minimum atomic E-state index is -1.51. The van der Waals surface area contributed by atoms with Gasteiger partial charge < -0.3 is 28.5 Å². The summed E-state index contributed by atoms with van der Waals surface area (Å²) in [6.45, 7) is 4.81. The molecule has 0 saturated carbocycles. The van der Waals surface area contributed by atoms with Gasteiger partial charge in [-0.25, -0.2) is 4.79 Å². The number of carbonyl (C=O) groups excluding carboxylic acids is 2. The van der Waals surface area contributed by atoms with Gasteiger partial charge in [-0.05, 0) is 89.9 Å². The van der Waals surface area contributed by atoms with E-state index < -0.39 is 18.4 Å². The standard InChI is InChI=1S/C84H151NO8/c1-6-8-10-12-14-16-18-20-22-24-26-28-30-32-34-36-37-38-39-40-41-42-43-44-45-47-48-50-52-54-56-58-60-62-64-66-68-70-72-74-81(86)91-78-80(79-92-84(83(88)89)90-77-76-85(3,4)5)93-82(87)75-73-71-69-67-65-63-61-59-57-55-53-51-49-46-35-33-31-29-27-25-23-21-19-17-15-13-11-9-7-2/h9,11,15,17-18,20-21,23-24,26-27,29-30,32,80,84H,6-8,10,12-14,16,19,22,25,28,31,33-79H2,1-5H3/p+1/b11-9-,17-15-,20-18-,23-21-,26-24-,29-27-,32-30-. The lowest BCUT2D eigenvalue weighted by Gasteiger charge is -2.25. The van der Waals surface area contributed by atoms with Crippen molar-refractivity contribution in [3.05, 3.63) is 85.1 Å². The van der Waals surface area contributed by atoms with E-state index in [9.17, 15) is 19.5 Å². The summed E-state index contributed by atoms with van der Waals surface area (Å²) in [5.74, 6) is -1.98. The van der Waals surface area contributed by atoms with Gasteiger partial charge in [0.1, 0.15) is 13.2 Å². The van der Waals surface area contributed by atoms with E-state index in [1.165, 1.54) is 270 Å². The van der Waals surface area contributed by atoms with Crippen molar-refractivity contribution in [2.75, 3.05) is 47.5 Å². The number of hydrogen-bond donors (Lipinski definition) is 1. The summed E-state index contributed by atoms with van der Waals surface area (Å²) in [6.07, 6.45) is 98.8. The Morgan fingerprint density at radius 1 is 0.333 bits per heavy atom. The third-order valence-corrected chi connectivity index (χ3v) is 17.6. The van der Waals surface area contributed by atoms with Crippen LogP contribution in [-0.2, 0) is 33.3 Å². The molecule has 0 aliphatic heterocycles. The molecule has 0 aromatic carbocycles. The molecule has 9 heteroatoms. The van der Waals surface area contributed by atoms with Crippen LogP contribution in [0.25, 0.3) is 0 Å². The van der Waals surface area contributed by atoms with Gasteiger partial charge in [-0.1, -0.05) is 356 Å². The fraction of sp³-hybridized carbons (Fsp3) is 0.798. The van der Waals surface area contributed by atoms with Gasteiger partial charge in [0.15, 0.2) is 6.10 Å². The van der Waals surface area contributed by atoms with Crippen LogP contribution in [0, 0.1) is 0 Å². The molecular formula is C84H152NO8+. The number of ether oxygens (including phenoxy) is 4. The first-order valence-electron chi connectivity index (χ1n) is 39.8. The van der Waals surface area contributed by atoms with Gasteiger partial charge in [-0.3, -0.25) is 9.59 Å². The van der Waals surface area contributed by atoms with E-state index in [1.54, 1.807) is 0 Å². The molecular weight excluding hydrogens is 1150 g/mol. The summed E-state index contributed by atoms with van der Waals surface area (Å²) in [5, 5.41) is 9.77. The summed E-state index contributed by atoms with van der Waals surface area (Å²) in [7, 11) is 5.99. The summed E-state index contributed by atoms with van der Waals surface area (Å²) >= 11 is 0. The summed E-state index contributed by atoms with van der Waals surface area (Å²) in [6, 6.07) is 0. The Hall–Kier alpha value is -3.53. The van der Waals surface area contributed by atoms with Gasteiger partial charge in [-0.2, -0.15) is 0 Å². The minimum absolute atomic E-state index is 0.180. The van der Waals surface area contributed by atoms with E-state index in [0.717, 1.165) is 77.0 Å². The molecule has 0 aliphatic rings. The molecule has 9 nitrogen and oxygen atoms in total. The maximum absolute atomic E-state index is 13.0. The topological polar surface area (TPSA) is 108 Å². The van der Waals surface area contributed by atoms with Gasteiger partial charge in [0.25, 0.3) is 6.29 Å². The van der Waals surface area contributed by atoms with Crippen molar-refractivity contribution < 1.29 is 42.9 Å². The van der Waals surface area contributed by atoms with Crippen LogP contribution in [0.5, 0.6) is 0 Å². The molecule has 2 unspecified atom stereocenters. The number of rotatable bonds is 74. The molecule has 0 bridgehead atoms. The molecule has 0 radical (unpaired) electrons. The second-order valence-corrected chi connectivity index (χ2v) is 28.0. The average molecular weight is 1300 g/mol. The lowest BCUT2D eigenvalue weighted by molar-refractivity contribution is -0.870. The molecule has 0 heterocycles. The van der Waals surface area contributed by atoms with Crippen molar-refractivity contribution in [1.29, 1.82) is 0 Å². The Kier molecular flexibility index (Phi) is 71.4. The van der Waals surface area contributed by atoms with Crippen molar-refractivity contribution in [2.45, 2.75) is 386 Å². The lowest BCUT2D eigenvalue weighted by atomic mass is 10.0. The van der Waals surface area contributed by atoms with Crippen LogP contribution < -0.4 is 0 Å². The normalized spacial score (nSPS) is 13.1. The molecule has 0 saturated heterocycles. The second kappa shape index (κ2) is 74.3. The maximum Gasteiger partial charge on any atom is 0.361 e. The quantitative estimate of drug-likeness (QED) is 0.0211. The Labute approximate surface area is 576 Å². The molecule has 540 valence electrons.